The van der Waals surface area contributed by atoms with Crippen molar-refractivity contribution in [3.05, 3.63) is 22.7 Å². The number of carbonyl (C=O) groups is 1. The number of azo groups is 1. The van der Waals surface area contributed by atoms with Crippen molar-refractivity contribution >= 4 is 38.4 Å². The van der Waals surface area contributed by atoms with Crippen molar-refractivity contribution in [2.45, 2.75) is 38.9 Å². The van der Waals surface area contributed by atoms with Gasteiger partial charge in [-0.1, -0.05) is 15.9 Å². The molecule has 1 aromatic carbocycles. The molecule has 0 aliphatic carbocycles. The number of aromatic nitrogens is 1. The van der Waals surface area contributed by atoms with Crippen LogP contribution in [0.3, 0.4) is 0 Å². The minimum atomic E-state index is -0.387. The van der Waals surface area contributed by atoms with Crippen molar-refractivity contribution in [2.24, 2.45) is 10.2 Å². The predicted octanol–water partition coefficient (Wildman–Crippen LogP) is 2.99. The van der Waals surface area contributed by atoms with Gasteiger partial charge in [-0.2, -0.15) is 0 Å². The van der Waals surface area contributed by atoms with Crippen LogP contribution in [0.1, 0.15) is 20.3 Å². The van der Waals surface area contributed by atoms with Gasteiger partial charge < -0.3 is 9.67 Å². The molecule has 1 aliphatic heterocycles. The van der Waals surface area contributed by atoms with Crippen LogP contribution < -0.4 is 10.9 Å². The van der Waals surface area contributed by atoms with Crippen LogP contribution in [-0.2, 0) is 11.3 Å². The van der Waals surface area contributed by atoms with E-state index in [1.807, 2.05) is 32.0 Å². The van der Waals surface area contributed by atoms with Gasteiger partial charge in [0.2, 0.25) is 5.88 Å². The highest BCUT2D eigenvalue weighted by molar-refractivity contribution is 9.10. The van der Waals surface area contributed by atoms with Gasteiger partial charge in [0.25, 0.3) is 5.91 Å². The number of amides is 1. The molecule has 1 amide bonds. The van der Waals surface area contributed by atoms with Crippen LogP contribution >= 0.6 is 15.9 Å². The summed E-state index contributed by atoms with van der Waals surface area (Å²) in [7, 11) is 0. The second-order valence-corrected chi connectivity index (χ2v) is 6.51. The average molecular weight is 380 g/mol. The Labute approximate surface area is 141 Å². The molecule has 7 nitrogen and oxygen atoms in total. The molecule has 1 fully saturated rings. The van der Waals surface area contributed by atoms with Gasteiger partial charge in [-0.25, -0.2) is 5.43 Å². The summed E-state index contributed by atoms with van der Waals surface area (Å²) in [6, 6.07) is 5.48. The largest absolute Gasteiger partial charge is 0.493 e. The Morgan fingerprint density at radius 2 is 2.26 bits per heavy atom. The molecule has 0 spiro atoms. The first kappa shape index (κ1) is 16.1. The van der Waals surface area contributed by atoms with Gasteiger partial charge in [0, 0.05) is 22.4 Å². The maximum absolute atomic E-state index is 12.1. The van der Waals surface area contributed by atoms with E-state index in [1.165, 1.54) is 0 Å². The molecule has 23 heavy (non-hydrogen) atoms. The number of nitrogens with one attached hydrogen (secondary N) is 2. The predicted molar refractivity (Wildman–Crippen MR) is 90.6 cm³/mol. The second kappa shape index (κ2) is 6.38. The number of hydrogen-bond donors (Lipinski definition) is 3. The number of benzene rings is 1. The first-order valence-electron chi connectivity index (χ1n) is 7.48. The fraction of sp³-hybridized carbons (Fsp3) is 0.400. The minimum Gasteiger partial charge on any atom is -0.493 e. The smallest absolute Gasteiger partial charge is 0.282 e. The number of rotatable bonds is 3. The SMILES string of the molecule is CCn1c(O)c(N=NC(=O)C2CC(C)NN2)c2cc(Br)ccc21. The summed E-state index contributed by atoms with van der Waals surface area (Å²) < 4.78 is 2.61. The zero-order valence-corrected chi connectivity index (χ0v) is 14.5. The van der Waals surface area contributed by atoms with Crippen molar-refractivity contribution in [3.8, 4) is 5.88 Å². The summed E-state index contributed by atoms with van der Waals surface area (Å²) >= 11 is 3.41. The third-order valence-electron chi connectivity index (χ3n) is 3.93. The molecule has 1 aliphatic rings. The van der Waals surface area contributed by atoms with Crippen LogP contribution in [0.4, 0.5) is 5.69 Å². The summed E-state index contributed by atoms with van der Waals surface area (Å²) in [5, 5.41) is 19.0. The summed E-state index contributed by atoms with van der Waals surface area (Å²) in [5.41, 5.74) is 7.04. The Kier molecular flexibility index (Phi) is 4.47. The van der Waals surface area contributed by atoms with E-state index in [4.69, 9.17) is 0 Å². The highest BCUT2D eigenvalue weighted by Gasteiger charge is 2.27. The second-order valence-electron chi connectivity index (χ2n) is 5.59. The number of hydrazine groups is 1. The molecule has 1 aromatic heterocycles. The number of fused-ring (bicyclic) bond motifs is 1. The van der Waals surface area contributed by atoms with E-state index in [0.717, 1.165) is 15.4 Å². The zero-order chi connectivity index (χ0) is 16.6. The van der Waals surface area contributed by atoms with E-state index >= 15 is 0 Å². The Hall–Kier alpha value is -1.77. The number of carbonyl (C=O) groups excluding carboxylic acids is 1. The van der Waals surface area contributed by atoms with Crippen molar-refractivity contribution in [1.29, 1.82) is 0 Å². The van der Waals surface area contributed by atoms with Crippen LogP contribution in [0, 0.1) is 0 Å². The van der Waals surface area contributed by atoms with Crippen LogP contribution in [0.5, 0.6) is 5.88 Å². The van der Waals surface area contributed by atoms with Crippen molar-refractivity contribution in [2.75, 3.05) is 0 Å². The van der Waals surface area contributed by atoms with E-state index in [0.29, 0.717) is 18.7 Å². The Morgan fingerprint density at radius 3 is 2.91 bits per heavy atom. The Bertz CT molecular complexity index is 786. The fourth-order valence-corrected chi connectivity index (χ4v) is 3.12. The summed E-state index contributed by atoms with van der Waals surface area (Å²) in [6.45, 7) is 4.51. The van der Waals surface area contributed by atoms with Gasteiger partial charge in [-0.15, -0.1) is 10.2 Å². The number of aromatic hydroxyl groups is 1. The van der Waals surface area contributed by atoms with Gasteiger partial charge in [-0.3, -0.25) is 10.2 Å². The quantitative estimate of drug-likeness (QED) is 0.714. The molecule has 3 rings (SSSR count). The van der Waals surface area contributed by atoms with Crippen molar-refractivity contribution in [3.63, 3.8) is 0 Å². The average Bonchev–Trinajstić information content (AvgIpc) is 3.06. The molecule has 8 heteroatoms. The molecular weight excluding hydrogens is 362 g/mol. The minimum absolute atomic E-state index is 0.0167. The lowest BCUT2D eigenvalue weighted by molar-refractivity contribution is -0.120. The Balaban J connectivity index is 1.96. The molecule has 0 radical (unpaired) electrons. The Morgan fingerprint density at radius 1 is 1.48 bits per heavy atom. The maximum atomic E-state index is 12.1. The van der Waals surface area contributed by atoms with Crippen molar-refractivity contribution in [1.82, 2.24) is 15.4 Å². The third kappa shape index (κ3) is 3.01. The molecule has 2 unspecified atom stereocenters. The number of aryl methyl sites for hydroxylation is 1. The van der Waals surface area contributed by atoms with E-state index in [9.17, 15) is 9.90 Å². The van der Waals surface area contributed by atoms with Gasteiger partial charge in [-0.05, 0) is 38.5 Å². The van der Waals surface area contributed by atoms with Gasteiger partial charge in [0.1, 0.15) is 6.04 Å². The zero-order valence-electron chi connectivity index (χ0n) is 12.9. The van der Waals surface area contributed by atoms with Crippen LogP contribution in [0.25, 0.3) is 10.9 Å². The number of nitrogens with zero attached hydrogens (tertiary/aromatic N) is 3. The molecule has 0 bridgehead atoms. The first-order valence-corrected chi connectivity index (χ1v) is 8.28. The number of hydrogen-bond acceptors (Lipinski definition) is 5. The molecular formula is C15H18BrN5O2. The standard InChI is InChI=1S/C15H18BrN5O2/c1-3-21-12-5-4-9(16)7-10(12)13(15(21)23)19-20-14(22)11-6-8(2)17-18-11/h4-5,7-8,11,17-18,23H,3,6H2,1-2H3. The highest BCUT2D eigenvalue weighted by atomic mass is 79.9. The monoisotopic (exact) mass is 379 g/mol. The lowest BCUT2D eigenvalue weighted by Crippen LogP contribution is -2.36. The van der Waals surface area contributed by atoms with E-state index < -0.39 is 0 Å². The molecule has 2 aromatic rings. The highest BCUT2D eigenvalue weighted by Crippen LogP contribution is 2.40. The molecule has 2 heterocycles. The van der Waals surface area contributed by atoms with Crippen molar-refractivity contribution < 1.29 is 9.90 Å². The van der Waals surface area contributed by atoms with Crippen LogP contribution in [0.2, 0.25) is 0 Å². The van der Waals surface area contributed by atoms with E-state index in [2.05, 4.69) is 37.0 Å². The molecule has 2 atom stereocenters. The molecule has 0 saturated carbocycles. The van der Waals surface area contributed by atoms with Gasteiger partial charge >= 0.3 is 0 Å². The summed E-state index contributed by atoms with van der Waals surface area (Å²) in [5.74, 6) is -0.336. The lowest BCUT2D eigenvalue weighted by Gasteiger charge is -2.02. The summed E-state index contributed by atoms with van der Waals surface area (Å²) in [6.07, 6.45) is 0.659. The topological polar surface area (TPSA) is 91.0 Å². The number of halogens is 1. The summed E-state index contributed by atoms with van der Waals surface area (Å²) in [4.78, 5) is 12.1. The maximum Gasteiger partial charge on any atom is 0.282 e. The van der Waals surface area contributed by atoms with Gasteiger partial charge in [0.05, 0.1) is 5.52 Å². The van der Waals surface area contributed by atoms with Crippen LogP contribution in [-0.4, -0.2) is 27.7 Å². The first-order chi connectivity index (χ1) is 11.0. The van der Waals surface area contributed by atoms with E-state index in [-0.39, 0.29) is 23.9 Å². The third-order valence-corrected chi connectivity index (χ3v) is 4.42. The fourth-order valence-electron chi connectivity index (χ4n) is 2.76. The van der Waals surface area contributed by atoms with Crippen LogP contribution in [0.15, 0.2) is 32.9 Å². The molecule has 1 saturated heterocycles. The lowest BCUT2D eigenvalue weighted by atomic mass is 10.1. The van der Waals surface area contributed by atoms with E-state index in [1.54, 1.807) is 4.57 Å². The molecule has 3 N–H and O–H groups in total. The molecule has 122 valence electrons. The van der Waals surface area contributed by atoms with Gasteiger partial charge in [0.15, 0.2) is 5.69 Å². The normalized spacial score (nSPS) is 21.5.